The number of nitrogens with zero attached hydrogens (tertiary/aromatic N) is 1. The molecule has 3 heteroatoms. The third kappa shape index (κ3) is 2.19. The van der Waals surface area contributed by atoms with Gasteiger partial charge in [-0.1, -0.05) is 6.42 Å². The van der Waals surface area contributed by atoms with Gasteiger partial charge in [-0.25, -0.2) is 0 Å². The van der Waals surface area contributed by atoms with Gasteiger partial charge in [-0.3, -0.25) is 0 Å². The van der Waals surface area contributed by atoms with Crippen molar-refractivity contribution in [1.29, 1.82) is 0 Å². The van der Waals surface area contributed by atoms with E-state index in [9.17, 15) is 0 Å². The Morgan fingerprint density at radius 2 is 2.33 bits per heavy atom. The van der Waals surface area contributed by atoms with Crippen molar-refractivity contribution in [2.75, 3.05) is 26.7 Å². The maximum absolute atomic E-state index is 9.09. The van der Waals surface area contributed by atoms with Crippen LogP contribution in [0.4, 0.5) is 0 Å². The van der Waals surface area contributed by atoms with Crippen molar-refractivity contribution in [3.05, 3.63) is 0 Å². The monoisotopic (exact) mass is 172 g/mol. The lowest BCUT2D eigenvalue weighted by Gasteiger charge is -2.36. The summed E-state index contributed by atoms with van der Waals surface area (Å²) in [6.45, 7) is 1.98. The van der Waals surface area contributed by atoms with Crippen LogP contribution < -0.4 is 5.73 Å². The molecule has 2 unspecified atom stereocenters. The van der Waals surface area contributed by atoms with E-state index in [-0.39, 0.29) is 12.5 Å². The Bertz CT molecular complexity index is 126. The van der Waals surface area contributed by atoms with Crippen LogP contribution in [0, 0.1) is 5.92 Å². The summed E-state index contributed by atoms with van der Waals surface area (Å²) in [5.74, 6) is 0.273. The van der Waals surface area contributed by atoms with E-state index in [4.69, 9.17) is 10.8 Å². The predicted octanol–water partition coefficient (Wildman–Crippen LogP) is 0.0379. The summed E-state index contributed by atoms with van der Waals surface area (Å²) < 4.78 is 0. The average molecular weight is 172 g/mol. The minimum absolute atomic E-state index is 0.228. The van der Waals surface area contributed by atoms with Gasteiger partial charge in [0, 0.05) is 18.6 Å². The average Bonchev–Trinajstić information content (AvgIpc) is 2.10. The van der Waals surface area contributed by atoms with Crippen molar-refractivity contribution in [3.63, 3.8) is 0 Å². The van der Waals surface area contributed by atoms with Gasteiger partial charge in [0.1, 0.15) is 0 Å². The van der Waals surface area contributed by atoms with Gasteiger partial charge in [-0.05, 0) is 33.0 Å². The minimum atomic E-state index is 0.228. The highest BCUT2D eigenvalue weighted by atomic mass is 16.3. The zero-order valence-electron chi connectivity index (χ0n) is 7.87. The Kier molecular flexibility index (Phi) is 3.98. The fourth-order valence-corrected chi connectivity index (χ4v) is 2.05. The molecule has 1 heterocycles. The molecule has 0 aromatic carbocycles. The summed E-state index contributed by atoms with van der Waals surface area (Å²) in [7, 11) is 2.13. The van der Waals surface area contributed by atoms with Crippen LogP contribution in [0.2, 0.25) is 0 Å². The number of likely N-dealkylation sites (tertiary alicyclic amines) is 1. The summed E-state index contributed by atoms with van der Waals surface area (Å²) in [4.78, 5) is 2.33. The number of nitrogens with two attached hydrogens (primary N) is 1. The number of piperidine rings is 1. The van der Waals surface area contributed by atoms with Crippen LogP contribution in [0.3, 0.4) is 0 Å². The summed E-state index contributed by atoms with van der Waals surface area (Å²) in [5.41, 5.74) is 5.59. The molecule has 1 saturated heterocycles. The highest BCUT2D eigenvalue weighted by Gasteiger charge is 2.25. The van der Waals surface area contributed by atoms with Crippen LogP contribution in [0.1, 0.15) is 19.3 Å². The lowest BCUT2D eigenvalue weighted by molar-refractivity contribution is 0.0914. The van der Waals surface area contributed by atoms with Gasteiger partial charge in [0.15, 0.2) is 0 Å². The van der Waals surface area contributed by atoms with Crippen LogP contribution >= 0.6 is 0 Å². The molecule has 0 radical (unpaired) electrons. The molecule has 1 aliphatic rings. The molecule has 0 aromatic rings. The molecule has 0 aromatic heterocycles. The zero-order chi connectivity index (χ0) is 8.97. The molecule has 0 aliphatic carbocycles. The topological polar surface area (TPSA) is 49.5 Å². The van der Waals surface area contributed by atoms with Gasteiger partial charge in [-0.2, -0.15) is 0 Å². The van der Waals surface area contributed by atoms with Crippen molar-refractivity contribution in [1.82, 2.24) is 4.90 Å². The second-order valence-corrected chi connectivity index (χ2v) is 3.72. The number of hydrogen-bond acceptors (Lipinski definition) is 3. The Balaban J connectivity index is 2.45. The first-order valence-electron chi connectivity index (χ1n) is 4.80. The van der Waals surface area contributed by atoms with Crippen molar-refractivity contribution in [2.24, 2.45) is 11.7 Å². The smallest absolute Gasteiger partial charge is 0.0486 e. The Labute approximate surface area is 74.5 Å². The van der Waals surface area contributed by atoms with Crippen LogP contribution in [-0.4, -0.2) is 42.8 Å². The summed E-state index contributed by atoms with van der Waals surface area (Å²) in [5, 5.41) is 9.09. The minimum Gasteiger partial charge on any atom is -0.396 e. The first-order chi connectivity index (χ1) is 5.79. The van der Waals surface area contributed by atoms with Crippen molar-refractivity contribution >= 4 is 0 Å². The summed E-state index contributed by atoms with van der Waals surface area (Å²) in [6, 6.07) is 0.508. The quantitative estimate of drug-likeness (QED) is 0.632. The van der Waals surface area contributed by atoms with Gasteiger partial charge < -0.3 is 15.7 Å². The molecule has 0 saturated carbocycles. The van der Waals surface area contributed by atoms with Gasteiger partial charge in [0.05, 0.1) is 0 Å². The second kappa shape index (κ2) is 4.80. The number of rotatable bonds is 3. The standard InChI is InChI=1S/C9H20N2O/c1-11-5-3-2-4-9(11)8(6-10)7-12/h8-9,12H,2-7,10H2,1H3. The highest BCUT2D eigenvalue weighted by Crippen LogP contribution is 2.20. The van der Waals surface area contributed by atoms with Gasteiger partial charge in [0.2, 0.25) is 0 Å². The first-order valence-corrected chi connectivity index (χ1v) is 4.80. The van der Waals surface area contributed by atoms with E-state index in [2.05, 4.69) is 11.9 Å². The highest BCUT2D eigenvalue weighted by molar-refractivity contribution is 4.81. The van der Waals surface area contributed by atoms with Crippen molar-refractivity contribution in [3.8, 4) is 0 Å². The molecule has 0 bridgehead atoms. The van der Waals surface area contributed by atoms with E-state index >= 15 is 0 Å². The van der Waals surface area contributed by atoms with Gasteiger partial charge in [0.25, 0.3) is 0 Å². The molecular formula is C9H20N2O. The van der Waals surface area contributed by atoms with E-state index in [1.807, 2.05) is 0 Å². The fraction of sp³-hybridized carbons (Fsp3) is 1.00. The first kappa shape index (κ1) is 9.96. The molecule has 0 spiro atoms. The largest absolute Gasteiger partial charge is 0.396 e. The van der Waals surface area contributed by atoms with Crippen LogP contribution in [0.25, 0.3) is 0 Å². The maximum atomic E-state index is 9.09. The molecule has 1 fully saturated rings. The van der Waals surface area contributed by atoms with Gasteiger partial charge in [-0.15, -0.1) is 0 Å². The normalized spacial score (nSPS) is 28.8. The molecule has 72 valence electrons. The number of aliphatic hydroxyl groups is 1. The second-order valence-electron chi connectivity index (χ2n) is 3.72. The lowest BCUT2D eigenvalue weighted by Crippen LogP contribution is -2.45. The Hall–Kier alpha value is -0.120. The molecule has 1 rings (SSSR count). The van der Waals surface area contributed by atoms with Crippen LogP contribution in [0.5, 0.6) is 0 Å². The molecule has 1 aliphatic heterocycles. The predicted molar refractivity (Wildman–Crippen MR) is 49.9 cm³/mol. The number of aliphatic hydroxyl groups excluding tert-OH is 1. The zero-order valence-corrected chi connectivity index (χ0v) is 7.87. The Morgan fingerprint density at radius 1 is 1.58 bits per heavy atom. The summed E-state index contributed by atoms with van der Waals surface area (Å²) >= 11 is 0. The molecule has 0 amide bonds. The summed E-state index contributed by atoms with van der Waals surface area (Å²) in [6.07, 6.45) is 3.76. The Morgan fingerprint density at radius 3 is 2.83 bits per heavy atom. The van der Waals surface area contributed by atoms with Crippen molar-refractivity contribution in [2.45, 2.75) is 25.3 Å². The van der Waals surface area contributed by atoms with Gasteiger partial charge >= 0.3 is 0 Å². The van der Waals surface area contributed by atoms with E-state index < -0.39 is 0 Å². The fourth-order valence-electron chi connectivity index (χ4n) is 2.05. The van der Waals surface area contributed by atoms with E-state index in [1.165, 1.54) is 19.3 Å². The third-order valence-electron chi connectivity index (χ3n) is 2.91. The SMILES string of the molecule is CN1CCCCC1C(CN)CO. The molecule has 12 heavy (non-hydrogen) atoms. The van der Waals surface area contributed by atoms with E-state index in [0.717, 1.165) is 6.54 Å². The van der Waals surface area contributed by atoms with Crippen LogP contribution in [-0.2, 0) is 0 Å². The third-order valence-corrected chi connectivity index (χ3v) is 2.91. The maximum Gasteiger partial charge on any atom is 0.0486 e. The molecular weight excluding hydrogens is 152 g/mol. The van der Waals surface area contributed by atoms with E-state index in [1.54, 1.807) is 0 Å². The number of hydrogen-bond donors (Lipinski definition) is 2. The van der Waals surface area contributed by atoms with Crippen LogP contribution in [0.15, 0.2) is 0 Å². The molecule has 2 atom stereocenters. The molecule has 3 N–H and O–H groups in total. The van der Waals surface area contributed by atoms with E-state index in [0.29, 0.717) is 12.6 Å². The lowest BCUT2D eigenvalue weighted by atomic mass is 9.91. The van der Waals surface area contributed by atoms with Crippen molar-refractivity contribution < 1.29 is 5.11 Å². The molecule has 3 nitrogen and oxygen atoms in total.